The number of aliphatic hydroxyl groups is 1. The molecule has 7 heteroatoms. The van der Waals surface area contributed by atoms with Crippen molar-refractivity contribution in [3.05, 3.63) is 35.9 Å². The minimum absolute atomic E-state index is 0.0612. The second-order valence-electron chi connectivity index (χ2n) is 5.40. The van der Waals surface area contributed by atoms with Crippen LogP contribution in [0.3, 0.4) is 0 Å². The first-order valence-corrected chi connectivity index (χ1v) is 8.37. The fraction of sp³-hybridized carbons (Fsp3) is 0.500. The summed E-state index contributed by atoms with van der Waals surface area (Å²) in [6.07, 6.45) is -0.984. The van der Waals surface area contributed by atoms with Gasteiger partial charge in [0, 0.05) is 13.0 Å². The summed E-state index contributed by atoms with van der Waals surface area (Å²) in [4.78, 5) is 11.1. The number of benzene rings is 1. The highest BCUT2D eigenvalue weighted by Gasteiger charge is 2.43. The van der Waals surface area contributed by atoms with Gasteiger partial charge in [-0.05, 0) is 11.5 Å². The van der Waals surface area contributed by atoms with E-state index >= 15 is 0 Å². The summed E-state index contributed by atoms with van der Waals surface area (Å²) in [7, 11) is -3.74. The van der Waals surface area contributed by atoms with Crippen LogP contribution in [0.25, 0.3) is 0 Å². The molecule has 1 fully saturated rings. The highest BCUT2D eigenvalue weighted by molar-refractivity contribution is 7.89. The molecular formula is C14H19NO5S. The van der Waals surface area contributed by atoms with Crippen molar-refractivity contribution in [2.45, 2.75) is 31.4 Å². The van der Waals surface area contributed by atoms with Gasteiger partial charge in [0.25, 0.3) is 0 Å². The summed E-state index contributed by atoms with van der Waals surface area (Å²) in [6, 6.07) is 8.02. The first-order chi connectivity index (χ1) is 9.81. The number of rotatable bonds is 5. The molecule has 3 unspecified atom stereocenters. The molecule has 21 heavy (non-hydrogen) atoms. The SMILES string of the molecule is CC(CS(=O)(=O)N1CC(O)CC1C(=O)O)c1ccccc1. The van der Waals surface area contributed by atoms with E-state index in [2.05, 4.69) is 0 Å². The van der Waals surface area contributed by atoms with Crippen LogP contribution < -0.4 is 0 Å². The lowest BCUT2D eigenvalue weighted by molar-refractivity contribution is -0.140. The van der Waals surface area contributed by atoms with E-state index in [4.69, 9.17) is 5.11 Å². The summed E-state index contributed by atoms with van der Waals surface area (Å²) in [6.45, 7) is 1.63. The minimum atomic E-state index is -3.74. The van der Waals surface area contributed by atoms with Gasteiger partial charge in [-0.2, -0.15) is 4.31 Å². The maximum Gasteiger partial charge on any atom is 0.322 e. The van der Waals surface area contributed by atoms with Crippen LogP contribution in [0, 0.1) is 0 Å². The van der Waals surface area contributed by atoms with Crippen molar-refractivity contribution in [2.24, 2.45) is 0 Å². The highest BCUT2D eigenvalue weighted by atomic mass is 32.2. The van der Waals surface area contributed by atoms with Gasteiger partial charge in [-0.3, -0.25) is 4.79 Å². The number of carbonyl (C=O) groups is 1. The van der Waals surface area contributed by atoms with Crippen molar-refractivity contribution in [1.82, 2.24) is 4.31 Å². The molecule has 0 spiro atoms. The van der Waals surface area contributed by atoms with E-state index in [1.807, 2.05) is 30.3 Å². The molecule has 1 aromatic carbocycles. The van der Waals surface area contributed by atoms with Crippen molar-refractivity contribution >= 4 is 16.0 Å². The van der Waals surface area contributed by atoms with Gasteiger partial charge in [0.1, 0.15) is 6.04 Å². The van der Waals surface area contributed by atoms with E-state index < -0.39 is 28.1 Å². The maximum absolute atomic E-state index is 12.4. The Kier molecular flexibility index (Phi) is 4.65. The van der Waals surface area contributed by atoms with Gasteiger partial charge in [-0.25, -0.2) is 8.42 Å². The zero-order valence-corrected chi connectivity index (χ0v) is 12.5. The van der Waals surface area contributed by atoms with E-state index in [1.54, 1.807) is 6.92 Å². The Morgan fingerprint density at radius 1 is 1.38 bits per heavy atom. The van der Waals surface area contributed by atoms with Gasteiger partial charge in [0.15, 0.2) is 0 Å². The normalized spacial score (nSPS) is 24.9. The molecule has 0 amide bonds. The Morgan fingerprint density at radius 3 is 2.57 bits per heavy atom. The molecule has 0 bridgehead atoms. The third kappa shape index (κ3) is 3.61. The van der Waals surface area contributed by atoms with Gasteiger partial charge in [-0.1, -0.05) is 37.3 Å². The predicted molar refractivity (Wildman–Crippen MR) is 77.4 cm³/mol. The Labute approximate surface area is 124 Å². The molecule has 6 nitrogen and oxygen atoms in total. The summed E-state index contributed by atoms with van der Waals surface area (Å²) < 4.78 is 25.8. The molecule has 0 radical (unpaired) electrons. The average Bonchev–Trinajstić information content (AvgIpc) is 2.82. The fourth-order valence-corrected chi connectivity index (χ4v) is 4.58. The Morgan fingerprint density at radius 2 is 2.00 bits per heavy atom. The standard InChI is InChI=1S/C14H19NO5S/c1-10(11-5-3-2-4-6-11)9-21(19,20)15-8-12(16)7-13(15)14(17)18/h2-6,10,12-13,16H,7-9H2,1H3,(H,17,18). The largest absolute Gasteiger partial charge is 0.480 e. The Hall–Kier alpha value is -1.44. The van der Waals surface area contributed by atoms with Crippen molar-refractivity contribution < 1.29 is 23.4 Å². The molecule has 1 aromatic rings. The molecule has 116 valence electrons. The number of sulfonamides is 1. The predicted octanol–water partition coefficient (Wildman–Crippen LogP) is 0.640. The van der Waals surface area contributed by atoms with Gasteiger partial charge in [0.05, 0.1) is 11.9 Å². The highest BCUT2D eigenvalue weighted by Crippen LogP contribution is 2.25. The van der Waals surface area contributed by atoms with Crippen LogP contribution in [0.15, 0.2) is 30.3 Å². The molecule has 0 saturated carbocycles. The lowest BCUT2D eigenvalue weighted by atomic mass is 10.0. The zero-order chi connectivity index (χ0) is 15.6. The van der Waals surface area contributed by atoms with Crippen LogP contribution in [-0.4, -0.2) is 53.3 Å². The van der Waals surface area contributed by atoms with Crippen molar-refractivity contribution in [3.63, 3.8) is 0 Å². The molecule has 3 atom stereocenters. The molecular weight excluding hydrogens is 294 g/mol. The van der Waals surface area contributed by atoms with Crippen LogP contribution in [0.1, 0.15) is 24.8 Å². The molecule has 1 heterocycles. The summed E-state index contributed by atoms with van der Waals surface area (Å²) >= 11 is 0. The third-order valence-electron chi connectivity index (χ3n) is 3.71. The van der Waals surface area contributed by atoms with E-state index in [0.717, 1.165) is 9.87 Å². The van der Waals surface area contributed by atoms with E-state index in [-0.39, 0.29) is 24.6 Å². The monoisotopic (exact) mass is 313 g/mol. The molecule has 1 saturated heterocycles. The minimum Gasteiger partial charge on any atom is -0.480 e. The van der Waals surface area contributed by atoms with Gasteiger partial charge < -0.3 is 10.2 Å². The lowest BCUT2D eigenvalue weighted by Crippen LogP contribution is -2.42. The summed E-state index contributed by atoms with van der Waals surface area (Å²) in [5, 5.41) is 18.7. The first-order valence-electron chi connectivity index (χ1n) is 6.76. The van der Waals surface area contributed by atoms with Gasteiger partial charge >= 0.3 is 5.97 Å². The first kappa shape index (κ1) is 15.9. The number of aliphatic hydroxyl groups excluding tert-OH is 1. The van der Waals surface area contributed by atoms with Crippen molar-refractivity contribution in [1.29, 1.82) is 0 Å². The number of carboxylic acid groups (broad SMARTS) is 1. The van der Waals surface area contributed by atoms with Crippen LogP contribution in [0.4, 0.5) is 0 Å². The van der Waals surface area contributed by atoms with E-state index in [0.29, 0.717) is 0 Å². The van der Waals surface area contributed by atoms with Crippen molar-refractivity contribution in [2.75, 3.05) is 12.3 Å². The molecule has 2 rings (SSSR count). The summed E-state index contributed by atoms with van der Waals surface area (Å²) in [5.74, 6) is -1.64. The second kappa shape index (κ2) is 6.13. The van der Waals surface area contributed by atoms with Crippen LogP contribution >= 0.6 is 0 Å². The Bertz CT molecular complexity index is 601. The third-order valence-corrected chi connectivity index (χ3v) is 5.74. The van der Waals surface area contributed by atoms with E-state index in [1.165, 1.54) is 0 Å². The maximum atomic E-state index is 12.4. The number of carboxylic acids is 1. The van der Waals surface area contributed by atoms with Crippen LogP contribution in [-0.2, 0) is 14.8 Å². The second-order valence-corrected chi connectivity index (χ2v) is 7.37. The van der Waals surface area contributed by atoms with Crippen LogP contribution in [0.2, 0.25) is 0 Å². The Balaban J connectivity index is 2.16. The number of hydrogen-bond donors (Lipinski definition) is 2. The van der Waals surface area contributed by atoms with E-state index in [9.17, 15) is 18.3 Å². The number of aliphatic carboxylic acids is 1. The zero-order valence-electron chi connectivity index (χ0n) is 11.7. The lowest BCUT2D eigenvalue weighted by Gasteiger charge is -2.23. The average molecular weight is 313 g/mol. The molecule has 1 aliphatic rings. The van der Waals surface area contributed by atoms with Gasteiger partial charge in [0.2, 0.25) is 10.0 Å². The van der Waals surface area contributed by atoms with Crippen LogP contribution in [0.5, 0.6) is 0 Å². The quantitative estimate of drug-likeness (QED) is 0.832. The topological polar surface area (TPSA) is 94.9 Å². The number of nitrogens with zero attached hydrogens (tertiary/aromatic N) is 1. The van der Waals surface area contributed by atoms with Crippen molar-refractivity contribution in [3.8, 4) is 0 Å². The molecule has 0 aliphatic carbocycles. The summed E-state index contributed by atoms with van der Waals surface area (Å²) in [5.41, 5.74) is 0.882. The molecule has 0 aromatic heterocycles. The van der Waals surface area contributed by atoms with Gasteiger partial charge in [-0.15, -0.1) is 0 Å². The molecule has 2 N–H and O–H groups in total. The number of hydrogen-bond acceptors (Lipinski definition) is 4. The molecule has 1 aliphatic heterocycles. The number of β-amino-alcohol motifs (C(OH)–C–C–N with tert-alkyl or cyclic N) is 1. The fourth-order valence-electron chi connectivity index (χ4n) is 2.61. The smallest absolute Gasteiger partial charge is 0.322 e.